The molecule has 0 unspecified atom stereocenters. The molecule has 112 valence electrons. The molecule has 1 amide bonds. The molecule has 0 spiro atoms. The summed E-state index contributed by atoms with van der Waals surface area (Å²) in [7, 11) is 0. The number of hydrogen-bond donors (Lipinski definition) is 1. The summed E-state index contributed by atoms with van der Waals surface area (Å²) in [6.45, 7) is 4.77. The van der Waals surface area contributed by atoms with Crippen molar-refractivity contribution in [3.8, 4) is 0 Å². The molecule has 4 heteroatoms. The minimum Gasteiger partial charge on any atom is -0.294 e. The van der Waals surface area contributed by atoms with E-state index >= 15 is 0 Å². The first-order valence-corrected chi connectivity index (χ1v) is 7.99. The molecule has 1 aromatic rings. The Balaban J connectivity index is 1.63. The Morgan fingerprint density at radius 1 is 1.10 bits per heavy atom. The van der Waals surface area contributed by atoms with E-state index < -0.39 is 0 Å². The fourth-order valence-corrected chi connectivity index (χ4v) is 6.30. The number of nitrogens with zero attached hydrogens (tertiary/aromatic N) is 2. The molecule has 4 nitrogen and oxygen atoms in total. The predicted molar refractivity (Wildman–Crippen MR) is 80.5 cm³/mol. The second-order valence-corrected chi connectivity index (χ2v) is 8.44. The highest BCUT2D eigenvalue weighted by Crippen LogP contribution is 2.69. The average Bonchev–Trinajstić information content (AvgIpc) is 2.35. The van der Waals surface area contributed by atoms with Crippen LogP contribution in [0.1, 0.15) is 52.4 Å². The fourth-order valence-electron chi connectivity index (χ4n) is 6.30. The first-order valence-electron chi connectivity index (χ1n) is 7.99. The maximum absolute atomic E-state index is 13.0. The Hall–Kier alpha value is -1.45. The Morgan fingerprint density at radius 2 is 1.71 bits per heavy atom. The van der Waals surface area contributed by atoms with Crippen molar-refractivity contribution in [2.45, 2.75) is 52.4 Å². The van der Waals surface area contributed by atoms with Gasteiger partial charge in [-0.2, -0.15) is 0 Å². The lowest BCUT2D eigenvalue weighted by atomic mass is 9.40. The van der Waals surface area contributed by atoms with Crippen molar-refractivity contribution in [3.63, 3.8) is 0 Å². The van der Waals surface area contributed by atoms with Gasteiger partial charge in [-0.1, -0.05) is 13.8 Å². The van der Waals surface area contributed by atoms with Crippen LogP contribution in [0.2, 0.25) is 0 Å². The molecule has 0 radical (unpaired) electrons. The lowest BCUT2D eigenvalue weighted by Crippen LogP contribution is -2.58. The lowest BCUT2D eigenvalue weighted by molar-refractivity contribution is -0.165. The van der Waals surface area contributed by atoms with Crippen LogP contribution in [0.25, 0.3) is 0 Å². The van der Waals surface area contributed by atoms with Crippen LogP contribution in [0.5, 0.6) is 0 Å². The van der Waals surface area contributed by atoms with Gasteiger partial charge in [0.1, 0.15) is 0 Å². The van der Waals surface area contributed by atoms with Crippen LogP contribution in [0.4, 0.5) is 5.95 Å². The van der Waals surface area contributed by atoms with E-state index in [0.29, 0.717) is 16.8 Å². The van der Waals surface area contributed by atoms with Crippen molar-refractivity contribution in [1.29, 1.82) is 0 Å². The number of carbonyl (C=O) groups excluding carboxylic acids is 1. The van der Waals surface area contributed by atoms with Gasteiger partial charge in [0.25, 0.3) is 0 Å². The molecule has 4 bridgehead atoms. The number of rotatable bonds is 2. The molecular formula is C17H23N3O. The third kappa shape index (κ3) is 2.07. The molecule has 4 aliphatic carbocycles. The second kappa shape index (κ2) is 4.05. The zero-order valence-corrected chi connectivity index (χ0v) is 12.9. The molecule has 4 saturated carbocycles. The molecule has 0 saturated heterocycles. The summed E-state index contributed by atoms with van der Waals surface area (Å²) in [5, 5.41) is 2.97. The summed E-state index contributed by atoms with van der Waals surface area (Å²) in [4.78, 5) is 21.2. The van der Waals surface area contributed by atoms with Crippen LogP contribution in [0.15, 0.2) is 18.5 Å². The minimum absolute atomic E-state index is 0.148. The summed E-state index contributed by atoms with van der Waals surface area (Å²) >= 11 is 0. The third-order valence-corrected chi connectivity index (χ3v) is 5.90. The number of aromatic nitrogens is 2. The normalized spacial score (nSPS) is 43.8. The molecule has 5 rings (SSSR count). The topological polar surface area (TPSA) is 54.9 Å². The smallest absolute Gasteiger partial charge is 0.232 e. The maximum Gasteiger partial charge on any atom is 0.232 e. The Kier molecular flexibility index (Phi) is 2.55. The Morgan fingerprint density at radius 3 is 2.29 bits per heavy atom. The molecule has 21 heavy (non-hydrogen) atoms. The first kappa shape index (κ1) is 13.2. The van der Waals surface area contributed by atoms with Crippen LogP contribution in [-0.2, 0) is 4.79 Å². The van der Waals surface area contributed by atoms with Crippen molar-refractivity contribution >= 4 is 11.9 Å². The van der Waals surface area contributed by atoms with E-state index in [0.717, 1.165) is 25.2 Å². The van der Waals surface area contributed by atoms with E-state index in [4.69, 9.17) is 0 Å². The number of anilines is 1. The van der Waals surface area contributed by atoms with Crippen LogP contribution >= 0.6 is 0 Å². The lowest BCUT2D eigenvalue weighted by Gasteiger charge is -2.64. The van der Waals surface area contributed by atoms with Gasteiger partial charge < -0.3 is 0 Å². The molecule has 1 heterocycles. The highest BCUT2D eigenvalue weighted by molar-refractivity contribution is 5.94. The number of nitrogens with one attached hydrogen (secondary N) is 1. The summed E-state index contributed by atoms with van der Waals surface area (Å²) in [5.41, 5.74) is 0.508. The Bertz CT molecular complexity index is 567. The van der Waals surface area contributed by atoms with Gasteiger partial charge in [-0.25, -0.2) is 9.97 Å². The molecule has 1 N–H and O–H groups in total. The maximum atomic E-state index is 13.0. The van der Waals surface area contributed by atoms with Gasteiger partial charge in [0.2, 0.25) is 11.9 Å². The zero-order valence-electron chi connectivity index (χ0n) is 12.9. The summed E-state index contributed by atoms with van der Waals surface area (Å²) in [6, 6.07) is 1.77. The summed E-state index contributed by atoms with van der Waals surface area (Å²) in [6.07, 6.45) is 10.4. The second-order valence-electron chi connectivity index (χ2n) is 8.44. The third-order valence-electron chi connectivity index (χ3n) is 5.90. The van der Waals surface area contributed by atoms with Gasteiger partial charge in [0, 0.05) is 12.4 Å². The van der Waals surface area contributed by atoms with Crippen LogP contribution in [0, 0.1) is 22.2 Å². The zero-order chi connectivity index (χ0) is 14.7. The van der Waals surface area contributed by atoms with Gasteiger partial charge in [0.05, 0.1) is 5.41 Å². The van der Waals surface area contributed by atoms with Gasteiger partial charge in [-0.3, -0.25) is 10.1 Å². The van der Waals surface area contributed by atoms with Crippen molar-refractivity contribution in [2.75, 3.05) is 5.32 Å². The fraction of sp³-hybridized carbons (Fsp3) is 0.706. The highest BCUT2D eigenvalue weighted by atomic mass is 16.2. The van der Waals surface area contributed by atoms with Gasteiger partial charge >= 0.3 is 0 Å². The number of amides is 1. The average molecular weight is 285 g/mol. The van der Waals surface area contributed by atoms with Gasteiger partial charge in [-0.15, -0.1) is 0 Å². The standard InChI is InChI=1S/C17H23N3O/c1-15-6-12-7-16(2,9-15)11-17(8-12,10-15)13(21)20-14-18-4-3-5-19-14/h3-5,12H,6-11H2,1-2H3,(H,18,19,20,21)/t12?,15-,16-,17?/m1/s1. The molecular weight excluding hydrogens is 262 g/mol. The largest absolute Gasteiger partial charge is 0.294 e. The van der Waals surface area contributed by atoms with Crippen LogP contribution in [-0.4, -0.2) is 15.9 Å². The summed E-state index contributed by atoms with van der Waals surface area (Å²) in [5.74, 6) is 1.31. The van der Waals surface area contributed by atoms with Crippen molar-refractivity contribution < 1.29 is 4.79 Å². The quantitative estimate of drug-likeness (QED) is 0.906. The van der Waals surface area contributed by atoms with E-state index in [9.17, 15) is 4.79 Å². The van der Waals surface area contributed by atoms with Crippen molar-refractivity contribution in [3.05, 3.63) is 18.5 Å². The number of carbonyl (C=O) groups is 1. The Labute approximate surface area is 125 Å². The van der Waals surface area contributed by atoms with Crippen LogP contribution in [0.3, 0.4) is 0 Å². The molecule has 2 atom stereocenters. The molecule has 1 aromatic heterocycles. The monoisotopic (exact) mass is 285 g/mol. The van der Waals surface area contributed by atoms with Gasteiger partial charge in [-0.05, 0) is 61.3 Å². The van der Waals surface area contributed by atoms with Gasteiger partial charge in [0.15, 0.2) is 0 Å². The van der Waals surface area contributed by atoms with Crippen LogP contribution < -0.4 is 5.32 Å². The molecule has 0 aliphatic heterocycles. The van der Waals surface area contributed by atoms with E-state index in [1.54, 1.807) is 18.5 Å². The first-order chi connectivity index (χ1) is 9.91. The predicted octanol–water partition coefficient (Wildman–Crippen LogP) is 3.41. The van der Waals surface area contributed by atoms with E-state index in [1.807, 2.05) is 0 Å². The van der Waals surface area contributed by atoms with Crippen molar-refractivity contribution in [1.82, 2.24) is 9.97 Å². The van der Waals surface area contributed by atoms with E-state index in [-0.39, 0.29) is 11.3 Å². The minimum atomic E-state index is -0.192. The molecule has 4 aliphatic rings. The van der Waals surface area contributed by atoms with E-state index in [2.05, 4.69) is 29.1 Å². The van der Waals surface area contributed by atoms with Crippen molar-refractivity contribution in [2.24, 2.45) is 22.2 Å². The van der Waals surface area contributed by atoms with E-state index in [1.165, 1.54) is 19.3 Å². The summed E-state index contributed by atoms with van der Waals surface area (Å²) < 4.78 is 0. The molecule has 0 aromatic carbocycles. The highest BCUT2D eigenvalue weighted by Gasteiger charge is 2.62. The SMILES string of the molecule is C[C@]12CC3CC(C(=O)Nc4ncccn4)(C1)C[C@](C)(C3)C2. The number of hydrogen-bond acceptors (Lipinski definition) is 3. The molecule has 4 fully saturated rings.